The minimum Gasteiger partial charge on any atom is -0.427 e. The Kier molecular flexibility index (Phi) is 6.50. The Bertz CT molecular complexity index is 767. The number of allylic oxidation sites excluding steroid dienone is 4. The molecule has 0 unspecified atom stereocenters. The van der Waals surface area contributed by atoms with Crippen molar-refractivity contribution in [1.82, 2.24) is 0 Å². The fraction of sp³-hybridized carbons (Fsp3) is 0.182. The van der Waals surface area contributed by atoms with Crippen LogP contribution in [-0.2, 0) is 9.59 Å². The van der Waals surface area contributed by atoms with Gasteiger partial charge in [0.05, 0.1) is 0 Å². The Morgan fingerprint density at radius 2 is 0.962 bits per heavy atom. The molecule has 0 aliphatic heterocycles. The van der Waals surface area contributed by atoms with E-state index in [1.165, 1.54) is 13.8 Å². The first-order valence-electron chi connectivity index (χ1n) is 8.35. The lowest BCUT2D eigenvalue weighted by atomic mass is 9.92. The molecular weight excluding hydrogens is 328 g/mol. The van der Waals surface area contributed by atoms with Crippen LogP contribution in [-0.4, -0.2) is 11.9 Å². The molecule has 0 spiro atoms. The first-order valence-corrected chi connectivity index (χ1v) is 8.35. The fourth-order valence-electron chi connectivity index (χ4n) is 2.69. The van der Waals surface area contributed by atoms with Crippen molar-refractivity contribution in [3.05, 3.63) is 71.8 Å². The van der Waals surface area contributed by atoms with Crippen LogP contribution >= 0.6 is 0 Å². The van der Waals surface area contributed by atoms with Gasteiger partial charge in [0.1, 0.15) is 11.5 Å². The molecule has 0 N–H and O–H groups in total. The lowest BCUT2D eigenvalue weighted by Crippen LogP contribution is -2.01. The highest BCUT2D eigenvalue weighted by molar-refractivity contribution is 6.04. The SMILES string of the molecule is CC=C(C(=CC)c1ccc(OC(C)=O)cc1)c1ccc(OC(C)=O)cc1. The summed E-state index contributed by atoms with van der Waals surface area (Å²) < 4.78 is 10.2. The van der Waals surface area contributed by atoms with Gasteiger partial charge in [-0.3, -0.25) is 9.59 Å². The highest BCUT2D eigenvalue weighted by Gasteiger charge is 2.10. The Morgan fingerprint density at radius 3 is 1.19 bits per heavy atom. The van der Waals surface area contributed by atoms with Gasteiger partial charge in [0.25, 0.3) is 0 Å². The second-order valence-electron chi connectivity index (χ2n) is 5.64. The second-order valence-corrected chi connectivity index (χ2v) is 5.64. The van der Waals surface area contributed by atoms with Crippen molar-refractivity contribution in [3.63, 3.8) is 0 Å². The molecule has 0 aliphatic carbocycles. The largest absolute Gasteiger partial charge is 0.427 e. The van der Waals surface area contributed by atoms with Gasteiger partial charge in [0.15, 0.2) is 0 Å². The Morgan fingerprint density at radius 1 is 0.654 bits per heavy atom. The summed E-state index contributed by atoms with van der Waals surface area (Å²) in [5.41, 5.74) is 4.14. The zero-order chi connectivity index (χ0) is 19.1. The Labute approximate surface area is 153 Å². The van der Waals surface area contributed by atoms with Gasteiger partial charge < -0.3 is 9.47 Å². The summed E-state index contributed by atoms with van der Waals surface area (Å²) in [6.45, 7) is 6.71. The number of rotatable bonds is 5. The molecule has 4 nitrogen and oxygen atoms in total. The molecule has 0 amide bonds. The predicted molar refractivity (Wildman–Crippen MR) is 103 cm³/mol. The molecule has 0 saturated heterocycles. The van der Waals surface area contributed by atoms with Gasteiger partial charge in [-0.05, 0) is 60.4 Å². The molecule has 2 rings (SSSR count). The minimum absolute atomic E-state index is 0.342. The van der Waals surface area contributed by atoms with E-state index in [-0.39, 0.29) is 11.9 Å². The van der Waals surface area contributed by atoms with Gasteiger partial charge in [-0.1, -0.05) is 36.4 Å². The van der Waals surface area contributed by atoms with E-state index >= 15 is 0 Å². The monoisotopic (exact) mass is 350 g/mol. The lowest BCUT2D eigenvalue weighted by molar-refractivity contribution is -0.132. The second kappa shape index (κ2) is 8.81. The summed E-state index contributed by atoms with van der Waals surface area (Å²) in [6.07, 6.45) is 4.08. The van der Waals surface area contributed by atoms with Crippen molar-refractivity contribution in [3.8, 4) is 11.5 Å². The zero-order valence-electron chi connectivity index (χ0n) is 15.4. The Hall–Kier alpha value is -3.14. The van der Waals surface area contributed by atoms with Gasteiger partial charge in [0.2, 0.25) is 0 Å². The van der Waals surface area contributed by atoms with Crippen LogP contribution in [0, 0.1) is 0 Å². The van der Waals surface area contributed by atoms with Crippen LogP contribution in [0.1, 0.15) is 38.8 Å². The van der Waals surface area contributed by atoms with Crippen LogP contribution in [0.15, 0.2) is 60.7 Å². The lowest BCUT2D eigenvalue weighted by Gasteiger charge is -2.14. The van der Waals surface area contributed by atoms with E-state index in [4.69, 9.17) is 9.47 Å². The predicted octanol–water partition coefficient (Wildman–Crippen LogP) is 5.04. The number of ether oxygens (including phenoxy) is 2. The molecule has 0 fully saturated rings. The zero-order valence-corrected chi connectivity index (χ0v) is 15.4. The molecule has 0 bridgehead atoms. The molecule has 0 saturated carbocycles. The van der Waals surface area contributed by atoms with Crippen molar-refractivity contribution in [2.24, 2.45) is 0 Å². The number of hydrogen-bond acceptors (Lipinski definition) is 4. The van der Waals surface area contributed by atoms with Crippen LogP contribution < -0.4 is 9.47 Å². The van der Waals surface area contributed by atoms with Crippen LogP contribution in [0.2, 0.25) is 0 Å². The van der Waals surface area contributed by atoms with E-state index in [0.717, 1.165) is 22.3 Å². The summed E-state index contributed by atoms with van der Waals surface area (Å²) in [5, 5.41) is 0. The average Bonchev–Trinajstić information content (AvgIpc) is 2.60. The first kappa shape index (κ1) is 19.2. The highest BCUT2D eigenvalue weighted by atomic mass is 16.5. The molecule has 134 valence electrons. The van der Waals surface area contributed by atoms with E-state index < -0.39 is 0 Å². The van der Waals surface area contributed by atoms with Crippen molar-refractivity contribution < 1.29 is 19.1 Å². The van der Waals surface area contributed by atoms with Gasteiger partial charge in [0, 0.05) is 13.8 Å². The van der Waals surface area contributed by atoms with Crippen molar-refractivity contribution in [2.75, 3.05) is 0 Å². The van der Waals surface area contributed by atoms with E-state index in [9.17, 15) is 9.59 Å². The number of esters is 2. The summed E-state index contributed by atoms with van der Waals surface area (Å²) in [7, 11) is 0. The van der Waals surface area contributed by atoms with Gasteiger partial charge in [-0.15, -0.1) is 0 Å². The number of benzene rings is 2. The molecule has 0 atom stereocenters. The summed E-state index contributed by atoms with van der Waals surface area (Å²) in [4.78, 5) is 22.1. The third-order valence-corrected chi connectivity index (χ3v) is 3.72. The van der Waals surface area contributed by atoms with Crippen LogP contribution in [0.25, 0.3) is 11.1 Å². The molecule has 0 aliphatic rings. The van der Waals surface area contributed by atoms with E-state index in [0.29, 0.717) is 11.5 Å². The van der Waals surface area contributed by atoms with Gasteiger partial charge >= 0.3 is 11.9 Å². The standard InChI is InChI=1S/C22H22O4/c1-5-21(17-7-11-19(12-8-17)25-15(3)23)22(6-2)18-9-13-20(14-10-18)26-16(4)24/h5-14H,1-4H3. The minimum atomic E-state index is -0.342. The van der Waals surface area contributed by atoms with Crippen molar-refractivity contribution >= 4 is 23.1 Å². The van der Waals surface area contributed by atoms with Gasteiger partial charge in [-0.25, -0.2) is 0 Å². The average molecular weight is 350 g/mol. The number of carbonyl (C=O) groups excluding carboxylic acids is 2. The summed E-state index contributed by atoms with van der Waals surface area (Å²) in [6, 6.07) is 14.8. The molecule has 26 heavy (non-hydrogen) atoms. The normalized spacial score (nSPS) is 11.8. The van der Waals surface area contributed by atoms with Crippen molar-refractivity contribution in [1.29, 1.82) is 0 Å². The van der Waals surface area contributed by atoms with Crippen LogP contribution in [0.4, 0.5) is 0 Å². The van der Waals surface area contributed by atoms with E-state index in [1.54, 1.807) is 24.3 Å². The summed E-state index contributed by atoms with van der Waals surface area (Å²) >= 11 is 0. The maximum atomic E-state index is 11.0. The Balaban J connectivity index is 2.29. The molecule has 2 aromatic rings. The molecule has 0 heterocycles. The van der Waals surface area contributed by atoms with Crippen LogP contribution in [0.3, 0.4) is 0 Å². The molecule has 0 aromatic heterocycles. The fourth-order valence-corrected chi connectivity index (χ4v) is 2.69. The topological polar surface area (TPSA) is 52.6 Å². The molecule has 4 heteroatoms. The molecule has 2 aromatic carbocycles. The van der Waals surface area contributed by atoms with Gasteiger partial charge in [-0.2, -0.15) is 0 Å². The maximum absolute atomic E-state index is 11.0. The third-order valence-electron chi connectivity index (χ3n) is 3.72. The first-order chi connectivity index (χ1) is 12.4. The molecular formula is C22H22O4. The highest BCUT2D eigenvalue weighted by Crippen LogP contribution is 2.33. The third kappa shape index (κ3) is 4.93. The number of hydrogen-bond donors (Lipinski definition) is 0. The molecule has 0 radical (unpaired) electrons. The number of carbonyl (C=O) groups is 2. The van der Waals surface area contributed by atoms with E-state index in [1.807, 2.05) is 50.3 Å². The van der Waals surface area contributed by atoms with E-state index in [2.05, 4.69) is 0 Å². The summed E-state index contributed by atoms with van der Waals surface area (Å²) in [5.74, 6) is 0.353. The quantitative estimate of drug-likeness (QED) is 0.430. The maximum Gasteiger partial charge on any atom is 0.308 e. The van der Waals surface area contributed by atoms with Crippen LogP contribution in [0.5, 0.6) is 11.5 Å². The smallest absolute Gasteiger partial charge is 0.308 e. The van der Waals surface area contributed by atoms with Crippen molar-refractivity contribution in [2.45, 2.75) is 27.7 Å².